The highest BCUT2D eigenvalue weighted by Gasteiger charge is 2.25. The molecule has 1 amide bonds. The van der Waals surface area contributed by atoms with Gasteiger partial charge < -0.3 is 25.0 Å². The van der Waals surface area contributed by atoms with Crippen LogP contribution in [0.5, 0.6) is 11.5 Å². The predicted molar refractivity (Wildman–Crippen MR) is 159 cm³/mol. The molecule has 1 fully saturated rings. The highest BCUT2D eigenvalue weighted by molar-refractivity contribution is 7.90. The van der Waals surface area contributed by atoms with Crippen LogP contribution in [0.2, 0.25) is 0 Å². The van der Waals surface area contributed by atoms with Crippen molar-refractivity contribution in [1.29, 1.82) is 0 Å². The SMILES string of the molecule is COc1cc(Nc2nc3ccccc3nc2CS(=O)(=O)c2cccc(NC(=O)C3CCN(C)CC3)c2)cc(OC)c1. The Morgan fingerprint density at radius 3 is 2.22 bits per heavy atom. The monoisotopic (exact) mass is 575 g/mol. The number of carbonyl (C=O) groups is 1. The van der Waals surface area contributed by atoms with Crippen LogP contribution in [-0.4, -0.2) is 63.5 Å². The van der Waals surface area contributed by atoms with E-state index in [2.05, 4.69) is 20.5 Å². The summed E-state index contributed by atoms with van der Waals surface area (Å²) >= 11 is 0. The molecule has 0 unspecified atom stereocenters. The summed E-state index contributed by atoms with van der Waals surface area (Å²) in [5.74, 6) is 0.842. The number of nitrogens with zero attached hydrogens (tertiary/aromatic N) is 3. The van der Waals surface area contributed by atoms with E-state index in [1.54, 1.807) is 50.6 Å². The van der Waals surface area contributed by atoms with Crippen LogP contribution in [0.4, 0.5) is 17.2 Å². The topological polar surface area (TPSA) is 123 Å². The number of aromatic nitrogens is 2. The molecule has 11 heteroatoms. The minimum Gasteiger partial charge on any atom is -0.497 e. The van der Waals surface area contributed by atoms with Gasteiger partial charge in [-0.3, -0.25) is 4.79 Å². The van der Waals surface area contributed by atoms with Gasteiger partial charge in [0.25, 0.3) is 0 Å². The summed E-state index contributed by atoms with van der Waals surface area (Å²) in [6.07, 6.45) is 1.55. The van der Waals surface area contributed by atoms with E-state index in [1.165, 1.54) is 12.1 Å². The van der Waals surface area contributed by atoms with Crippen LogP contribution in [0.15, 0.2) is 71.6 Å². The number of ether oxygens (including phenoxy) is 2. The molecule has 0 aliphatic carbocycles. The fraction of sp³-hybridized carbons (Fsp3) is 0.300. The molecule has 1 aliphatic rings. The van der Waals surface area contributed by atoms with Crippen LogP contribution in [0.25, 0.3) is 11.0 Å². The standard InChI is InChI=1S/C30H33N5O5S/c1-35-13-11-20(12-14-35)30(36)32-21-7-6-8-25(17-21)41(37,38)19-28-29(34-27-10-5-4-9-26(27)33-28)31-22-15-23(39-2)18-24(16-22)40-3/h4-10,15-18,20H,11-14,19H2,1-3H3,(H,31,34)(H,32,36). The van der Waals surface area contributed by atoms with E-state index in [0.29, 0.717) is 39.7 Å². The number of rotatable bonds is 9. The summed E-state index contributed by atoms with van der Waals surface area (Å²) in [5.41, 5.74) is 2.49. The number of anilines is 3. The van der Waals surface area contributed by atoms with Crippen molar-refractivity contribution in [3.63, 3.8) is 0 Å². The van der Waals surface area contributed by atoms with Crippen LogP contribution in [0.3, 0.4) is 0 Å². The van der Waals surface area contributed by atoms with Crippen LogP contribution < -0.4 is 20.1 Å². The number of benzene rings is 3. The van der Waals surface area contributed by atoms with E-state index in [-0.39, 0.29) is 22.4 Å². The smallest absolute Gasteiger partial charge is 0.227 e. The van der Waals surface area contributed by atoms with Crippen LogP contribution in [-0.2, 0) is 20.4 Å². The summed E-state index contributed by atoms with van der Waals surface area (Å²) in [6.45, 7) is 1.72. The average molecular weight is 576 g/mol. The lowest BCUT2D eigenvalue weighted by Crippen LogP contribution is -2.35. The molecule has 1 aromatic heterocycles. The Morgan fingerprint density at radius 1 is 0.902 bits per heavy atom. The van der Waals surface area contributed by atoms with Gasteiger partial charge in [0.15, 0.2) is 15.7 Å². The molecule has 0 radical (unpaired) electrons. The highest BCUT2D eigenvalue weighted by atomic mass is 32.2. The van der Waals surface area contributed by atoms with Crippen molar-refractivity contribution in [2.24, 2.45) is 5.92 Å². The molecule has 41 heavy (non-hydrogen) atoms. The summed E-state index contributed by atoms with van der Waals surface area (Å²) in [4.78, 5) is 24.5. The van der Waals surface area contributed by atoms with Gasteiger partial charge in [0, 0.05) is 35.5 Å². The van der Waals surface area contributed by atoms with Crippen LogP contribution in [0, 0.1) is 5.92 Å². The first-order chi connectivity index (χ1) is 19.7. The second kappa shape index (κ2) is 12.1. The zero-order valence-corrected chi connectivity index (χ0v) is 24.1. The van der Waals surface area contributed by atoms with Gasteiger partial charge in [0.2, 0.25) is 5.91 Å². The Labute approximate surface area is 239 Å². The van der Waals surface area contributed by atoms with Crippen LogP contribution in [0.1, 0.15) is 18.5 Å². The van der Waals surface area contributed by atoms with E-state index < -0.39 is 15.6 Å². The van der Waals surface area contributed by atoms with E-state index in [1.807, 2.05) is 25.2 Å². The van der Waals surface area contributed by atoms with Crippen molar-refractivity contribution >= 4 is 44.0 Å². The molecular formula is C30H33N5O5S. The molecule has 0 saturated carbocycles. The van der Waals surface area contributed by atoms with Gasteiger partial charge in [-0.05, 0) is 63.3 Å². The lowest BCUT2D eigenvalue weighted by atomic mass is 9.96. The second-order valence-corrected chi connectivity index (χ2v) is 12.1. The molecule has 5 rings (SSSR count). The Hall–Kier alpha value is -4.22. The molecule has 2 N–H and O–H groups in total. The van der Waals surface area contributed by atoms with Crippen molar-refractivity contribution in [3.05, 3.63) is 72.4 Å². The van der Waals surface area contributed by atoms with Gasteiger partial charge in [-0.15, -0.1) is 0 Å². The highest BCUT2D eigenvalue weighted by Crippen LogP contribution is 2.31. The minimum absolute atomic E-state index is 0.0858. The summed E-state index contributed by atoms with van der Waals surface area (Å²) in [7, 11) is 1.28. The zero-order valence-electron chi connectivity index (χ0n) is 23.3. The Morgan fingerprint density at radius 2 is 1.56 bits per heavy atom. The number of amides is 1. The summed E-state index contributed by atoms with van der Waals surface area (Å²) in [5, 5.41) is 6.11. The van der Waals surface area contributed by atoms with Crippen molar-refractivity contribution in [2.75, 3.05) is 45.0 Å². The quantitative estimate of drug-likeness (QED) is 0.294. The first kappa shape index (κ1) is 28.3. The Kier molecular flexibility index (Phi) is 8.36. The van der Waals surface area contributed by atoms with Crippen molar-refractivity contribution in [2.45, 2.75) is 23.5 Å². The first-order valence-electron chi connectivity index (χ1n) is 13.3. The summed E-state index contributed by atoms with van der Waals surface area (Å²) in [6, 6.07) is 18.9. The number of sulfone groups is 1. The fourth-order valence-corrected chi connectivity index (χ4v) is 6.12. The maximum Gasteiger partial charge on any atom is 0.227 e. The lowest BCUT2D eigenvalue weighted by Gasteiger charge is -2.28. The Bertz CT molecular complexity index is 1650. The molecule has 214 valence electrons. The molecule has 4 aromatic rings. The Balaban J connectivity index is 1.43. The van der Waals surface area contributed by atoms with Gasteiger partial charge in [-0.1, -0.05) is 18.2 Å². The maximum atomic E-state index is 13.7. The predicted octanol–water partition coefficient (Wildman–Crippen LogP) is 4.64. The van der Waals surface area contributed by atoms with Gasteiger partial charge in [-0.2, -0.15) is 0 Å². The fourth-order valence-electron chi connectivity index (χ4n) is 4.80. The number of likely N-dealkylation sites (tertiary alicyclic amines) is 1. The zero-order chi connectivity index (χ0) is 29.0. The molecular weight excluding hydrogens is 542 g/mol. The third-order valence-corrected chi connectivity index (χ3v) is 8.76. The normalized spacial score (nSPS) is 14.5. The average Bonchev–Trinajstić information content (AvgIpc) is 2.97. The number of fused-ring (bicyclic) bond motifs is 1. The van der Waals surface area contributed by atoms with Gasteiger partial charge in [0.1, 0.15) is 17.3 Å². The van der Waals surface area contributed by atoms with Crippen molar-refractivity contribution < 1.29 is 22.7 Å². The number of hydrogen-bond acceptors (Lipinski definition) is 9. The van der Waals surface area contributed by atoms with Gasteiger partial charge in [0.05, 0.1) is 35.8 Å². The number of methoxy groups -OCH3 is 2. The molecule has 0 bridgehead atoms. The number of hydrogen-bond donors (Lipinski definition) is 2. The van der Waals surface area contributed by atoms with E-state index in [9.17, 15) is 13.2 Å². The van der Waals surface area contributed by atoms with Crippen molar-refractivity contribution in [3.8, 4) is 11.5 Å². The first-order valence-corrected chi connectivity index (χ1v) is 15.0. The third-order valence-electron chi connectivity index (χ3n) is 7.13. The third kappa shape index (κ3) is 6.75. The number of piperidine rings is 1. The van der Waals surface area contributed by atoms with Crippen LogP contribution >= 0.6 is 0 Å². The van der Waals surface area contributed by atoms with E-state index in [4.69, 9.17) is 14.5 Å². The molecule has 1 saturated heterocycles. The molecule has 2 heterocycles. The molecule has 10 nitrogen and oxygen atoms in total. The van der Waals surface area contributed by atoms with E-state index >= 15 is 0 Å². The molecule has 0 spiro atoms. The number of nitrogens with one attached hydrogen (secondary N) is 2. The maximum absolute atomic E-state index is 13.7. The van der Waals surface area contributed by atoms with Gasteiger partial charge in [-0.25, -0.2) is 18.4 Å². The van der Waals surface area contributed by atoms with Crippen molar-refractivity contribution in [1.82, 2.24) is 14.9 Å². The minimum atomic E-state index is -3.86. The number of carbonyl (C=O) groups excluding carboxylic acids is 1. The molecule has 0 atom stereocenters. The largest absolute Gasteiger partial charge is 0.497 e. The molecule has 1 aliphatic heterocycles. The summed E-state index contributed by atoms with van der Waals surface area (Å²) < 4.78 is 38.1. The van der Waals surface area contributed by atoms with Gasteiger partial charge >= 0.3 is 0 Å². The number of para-hydroxylation sites is 2. The van der Waals surface area contributed by atoms with E-state index in [0.717, 1.165) is 25.9 Å². The molecule has 3 aromatic carbocycles. The lowest BCUT2D eigenvalue weighted by molar-refractivity contribution is -0.121. The second-order valence-electron chi connectivity index (χ2n) is 10.1.